The number of benzene rings is 1. The highest BCUT2D eigenvalue weighted by Gasteiger charge is 2.11. The van der Waals surface area contributed by atoms with Crippen molar-refractivity contribution >= 4 is 17.3 Å². The lowest BCUT2D eigenvalue weighted by atomic mass is 10.3. The Balaban J connectivity index is 1.71. The van der Waals surface area contributed by atoms with Gasteiger partial charge in [0.25, 0.3) is 0 Å². The molecule has 0 saturated heterocycles. The molecule has 5 nitrogen and oxygen atoms in total. The molecule has 0 aliphatic heterocycles. The van der Waals surface area contributed by atoms with Crippen LogP contribution in [0.2, 0.25) is 5.02 Å². The second kappa shape index (κ2) is 5.34. The van der Waals surface area contributed by atoms with Crippen molar-refractivity contribution in [1.29, 1.82) is 0 Å². The molecule has 1 N–H and O–H groups in total. The summed E-state index contributed by atoms with van der Waals surface area (Å²) in [6, 6.07) is 7.70. The van der Waals surface area contributed by atoms with Crippen LogP contribution in [0.3, 0.4) is 0 Å². The molecule has 0 radical (unpaired) electrons. The minimum atomic E-state index is -0.403. The number of rotatable bonds is 4. The van der Waals surface area contributed by atoms with E-state index >= 15 is 0 Å². The number of furan rings is 1. The Morgan fingerprint density at radius 2 is 2.20 bits per heavy atom. The fourth-order valence-electron chi connectivity index (χ4n) is 1.64. The van der Waals surface area contributed by atoms with Crippen LogP contribution in [0.1, 0.15) is 5.89 Å². The molecule has 7 heteroatoms. The van der Waals surface area contributed by atoms with Gasteiger partial charge in [0.05, 0.1) is 18.5 Å². The van der Waals surface area contributed by atoms with E-state index in [1.807, 2.05) is 0 Å². The van der Waals surface area contributed by atoms with Gasteiger partial charge >= 0.3 is 0 Å². The normalized spacial score (nSPS) is 10.7. The molecule has 0 unspecified atom stereocenters. The van der Waals surface area contributed by atoms with Gasteiger partial charge in [-0.3, -0.25) is 0 Å². The maximum Gasteiger partial charge on any atom is 0.246 e. The molecule has 0 aliphatic carbocycles. The molecular formula is C13H9ClFN3O2. The van der Waals surface area contributed by atoms with Crippen molar-refractivity contribution in [3.05, 3.63) is 53.3 Å². The van der Waals surface area contributed by atoms with Gasteiger partial charge < -0.3 is 14.3 Å². The summed E-state index contributed by atoms with van der Waals surface area (Å²) < 4.78 is 23.7. The van der Waals surface area contributed by atoms with Crippen molar-refractivity contribution in [1.82, 2.24) is 10.1 Å². The highest BCUT2D eigenvalue weighted by Crippen LogP contribution is 2.21. The van der Waals surface area contributed by atoms with E-state index in [1.54, 1.807) is 12.1 Å². The van der Waals surface area contributed by atoms with Crippen molar-refractivity contribution < 1.29 is 13.3 Å². The Morgan fingerprint density at radius 1 is 1.30 bits per heavy atom. The van der Waals surface area contributed by atoms with Gasteiger partial charge in [0.15, 0.2) is 5.76 Å². The van der Waals surface area contributed by atoms with Gasteiger partial charge in [-0.1, -0.05) is 16.8 Å². The molecule has 0 saturated carbocycles. The molecule has 20 heavy (non-hydrogen) atoms. The van der Waals surface area contributed by atoms with Crippen LogP contribution in [0.15, 0.2) is 45.5 Å². The average molecular weight is 294 g/mol. The van der Waals surface area contributed by atoms with E-state index in [0.717, 1.165) is 0 Å². The molecule has 0 atom stereocenters. The van der Waals surface area contributed by atoms with Crippen LogP contribution >= 0.6 is 11.6 Å². The maximum absolute atomic E-state index is 13.5. The van der Waals surface area contributed by atoms with Crippen LogP contribution in [0.5, 0.6) is 0 Å². The third kappa shape index (κ3) is 2.65. The van der Waals surface area contributed by atoms with Crippen LogP contribution in [-0.2, 0) is 6.54 Å². The molecule has 0 spiro atoms. The zero-order chi connectivity index (χ0) is 13.9. The molecule has 2 heterocycles. The highest BCUT2D eigenvalue weighted by molar-refractivity contribution is 6.30. The van der Waals surface area contributed by atoms with E-state index in [4.69, 9.17) is 20.5 Å². The largest absolute Gasteiger partial charge is 0.461 e. The van der Waals surface area contributed by atoms with E-state index in [1.165, 1.54) is 24.5 Å². The number of hydrogen-bond donors (Lipinski definition) is 1. The average Bonchev–Trinajstić information content (AvgIpc) is 3.09. The monoisotopic (exact) mass is 293 g/mol. The Morgan fingerprint density at radius 3 is 3.00 bits per heavy atom. The van der Waals surface area contributed by atoms with E-state index in [0.29, 0.717) is 22.5 Å². The Bertz CT molecular complexity index is 712. The van der Waals surface area contributed by atoms with Crippen molar-refractivity contribution in [3.63, 3.8) is 0 Å². The number of halogens is 2. The lowest BCUT2D eigenvalue weighted by Crippen LogP contribution is -2.01. The first kappa shape index (κ1) is 12.7. The summed E-state index contributed by atoms with van der Waals surface area (Å²) in [4.78, 5) is 4.13. The van der Waals surface area contributed by atoms with Crippen LogP contribution in [-0.4, -0.2) is 10.1 Å². The van der Waals surface area contributed by atoms with Gasteiger partial charge in [-0.05, 0) is 30.3 Å². The lowest BCUT2D eigenvalue weighted by Gasteiger charge is -2.04. The third-order valence-corrected chi connectivity index (χ3v) is 2.80. The van der Waals surface area contributed by atoms with Crippen molar-refractivity contribution in [2.45, 2.75) is 6.54 Å². The summed E-state index contributed by atoms with van der Waals surface area (Å²) in [5.41, 5.74) is 0.273. The summed E-state index contributed by atoms with van der Waals surface area (Å²) in [6.07, 6.45) is 1.52. The van der Waals surface area contributed by atoms with Gasteiger partial charge in [0.1, 0.15) is 5.82 Å². The summed E-state index contributed by atoms with van der Waals surface area (Å²) in [5.74, 6) is 0.767. The van der Waals surface area contributed by atoms with Gasteiger partial charge in [0, 0.05) is 5.02 Å². The van der Waals surface area contributed by atoms with Crippen molar-refractivity contribution in [2.75, 3.05) is 5.32 Å². The summed E-state index contributed by atoms with van der Waals surface area (Å²) >= 11 is 5.80. The minimum absolute atomic E-state index is 0.185. The van der Waals surface area contributed by atoms with E-state index in [-0.39, 0.29) is 12.2 Å². The SMILES string of the molecule is Fc1ccc(Cl)cc1NCc1nc(-c2ccco2)no1. The predicted octanol–water partition coefficient (Wildman–Crippen LogP) is 3.73. The first-order valence-electron chi connectivity index (χ1n) is 5.78. The quantitative estimate of drug-likeness (QED) is 0.794. The fraction of sp³-hybridized carbons (Fsp3) is 0.0769. The smallest absolute Gasteiger partial charge is 0.246 e. The number of aromatic nitrogens is 2. The summed E-state index contributed by atoms with van der Waals surface area (Å²) in [6.45, 7) is 0.185. The fourth-order valence-corrected chi connectivity index (χ4v) is 1.81. The standard InChI is InChI=1S/C13H9ClFN3O2/c14-8-3-4-9(15)10(6-8)16-7-12-17-13(18-20-12)11-2-1-5-19-11/h1-6,16H,7H2. The molecule has 0 aliphatic rings. The maximum atomic E-state index is 13.5. The second-order valence-corrected chi connectivity index (χ2v) is 4.40. The molecule has 102 valence electrons. The van der Waals surface area contributed by atoms with Gasteiger partial charge in [-0.25, -0.2) is 4.39 Å². The Kier molecular flexibility index (Phi) is 3.39. The van der Waals surface area contributed by atoms with Crippen molar-refractivity contribution in [3.8, 4) is 11.6 Å². The minimum Gasteiger partial charge on any atom is -0.461 e. The van der Waals surface area contributed by atoms with Crippen molar-refractivity contribution in [2.24, 2.45) is 0 Å². The zero-order valence-electron chi connectivity index (χ0n) is 10.1. The van der Waals surface area contributed by atoms with Crippen LogP contribution in [0.25, 0.3) is 11.6 Å². The number of nitrogens with zero attached hydrogens (tertiary/aromatic N) is 2. The molecule has 3 rings (SSSR count). The Hall–Kier alpha value is -2.34. The van der Waals surface area contributed by atoms with Gasteiger partial charge in [-0.15, -0.1) is 0 Å². The van der Waals surface area contributed by atoms with E-state index in [2.05, 4.69) is 15.5 Å². The van der Waals surface area contributed by atoms with E-state index in [9.17, 15) is 4.39 Å². The third-order valence-electron chi connectivity index (χ3n) is 2.57. The lowest BCUT2D eigenvalue weighted by molar-refractivity contribution is 0.382. The highest BCUT2D eigenvalue weighted by atomic mass is 35.5. The molecule has 3 aromatic rings. The van der Waals surface area contributed by atoms with Crippen LogP contribution in [0, 0.1) is 5.82 Å². The summed E-state index contributed by atoms with van der Waals surface area (Å²) in [5, 5.41) is 7.05. The molecular weight excluding hydrogens is 285 g/mol. The number of hydrogen-bond acceptors (Lipinski definition) is 5. The van der Waals surface area contributed by atoms with Crippen LogP contribution in [0.4, 0.5) is 10.1 Å². The predicted molar refractivity (Wildman–Crippen MR) is 70.7 cm³/mol. The van der Waals surface area contributed by atoms with Gasteiger partial charge in [0.2, 0.25) is 11.7 Å². The number of nitrogens with one attached hydrogen (secondary N) is 1. The topological polar surface area (TPSA) is 64.1 Å². The summed E-state index contributed by atoms with van der Waals surface area (Å²) in [7, 11) is 0. The van der Waals surface area contributed by atoms with Gasteiger partial charge in [-0.2, -0.15) is 4.98 Å². The Labute approximate surface area is 118 Å². The first-order valence-corrected chi connectivity index (χ1v) is 6.15. The number of anilines is 1. The zero-order valence-corrected chi connectivity index (χ0v) is 10.9. The molecule has 0 fully saturated rings. The molecule has 2 aromatic heterocycles. The van der Waals surface area contributed by atoms with E-state index < -0.39 is 5.82 Å². The first-order chi connectivity index (χ1) is 9.72. The molecule has 1 aromatic carbocycles. The molecule has 0 amide bonds. The second-order valence-electron chi connectivity index (χ2n) is 3.97. The molecule has 0 bridgehead atoms. The van der Waals surface area contributed by atoms with Crippen LogP contribution < -0.4 is 5.32 Å².